The molecule has 0 atom stereocenters. The number of aromatic hydroxyl groups is 1. The molecule has 0 saturated heterocycles. The molecule has 3 rings (SSSR count). The normalized spacial score (nSPS) is 14.3. The number of carbonyl (C=O) groups is 1. The zero-order valence-electron chi connectivity index (χ0n) is 22.6. The van der Waals surface area contributed by atoms with Gasteiger partial charge in [-0.25, -0.2) is 0 Å². The van der Waals surface area contributed by atoms with Gasteiger partial charge < -0.3 is 19.5 Å². The number of ketones is 1. The van der Waals surface area contributed by atoms with Gasteiger partial charge in [0, 0.05) is 35.9 Å². The fourth-order valence-electron chi connectivity index (χ4n) is 4.47. The molecule has 0 bridgehead atoms. The molecule has 1 heterocycles. The van der Waals surface area contributed by atoms with Crippen molar-refractivity contribution >= 4 is 11.6 Å². The lowest BCUT2D eigenvalue weighted by atomic mass is 9.78. The lowest BCUT2D eigenvalue weighted by molar-refractivity contribution is 0.0180. The van der Waals surface area contributed by atoms with Crippen LogP contribution in [0, 0.1) is 5.41 Å². The number of Topliss-reactive ketones (excluding diaryl/α,β-unsaturated/α-hetero) is 1. The van der Waals surface area contributed by atoms with Crippen LogP contribution in [0.4, 0.5) is 0 Å². The number of benzene rings is 2. The Morgan fingerprint density at radius 3 is 2.09 bits per heavy atom. The number of rotatable bonds is 7. The van der Waals surface area contributed by atoms with E-state index in [0.29, 0.717) is 30.3 Å². The van der Waals surface area contributed by atoms with E-state index < -0.39 is 5.60 Å². The number of ether oxygens (including phenoxy) is 2. The summed E-state index contributed by atoms with van der Waals surface area (Å²) in [4.78, 5) is 15.2. The van der Waals surface area contributed by atoms with Crippen molar-refractivity contribution in [1.82, 2.24) is 4.90 Å². The van der Waals surface area contributed by atoms with Crippen LogP contribution in [0.25, 0.3) is 0 Å². The lowest BCUT2D eigenvalue weighted by Crippen LogP contribution is -2.33. The van der Waals surface area contributed by atoms with Gasteiger partial charge in [0.15, 0.2) is 5.78 Å². The molecule has 190 valence electrons. The molecular weight excluding hydrogens is 440 g/mol. The molecular formula is C29H40N2O4. The molecule has 0 radical (unpaired) electrons. The topological polar surface area (TPSA) is 82.9 Å². The molecule has 2 aromatic carbocycles. The number of nitrogens with zero attached hydrogens (tertiary/aromatic N) is 1. The van der Waals surface area contributed by atoms with Crippen LogP contribution in [0.3, 0.4) is 0 Å². The van der Waals surface area contributed by atoms with Gasteiger partial charge in [0.05, 0.1) is 13.2 Å². The third-order valence-corrected chi connectivity index (χ3v) is 6.28. The van der Waals surface area contributed by atoms with Crippen molar-refractivity contribution in [2.75, 3.05) is 20.3 Å². The Morgan fingerprint density at radius 1 is 1.00 bits per heavy atom. The van der Waals surface area contributed by atoms with Crippen LogP contribution in [-0.2, 0) is 22.1 Å². The van der Waals surface area contributed by atoms with Crippen molar-refractivity contribution in [2.45, 2.75) is 78.4 Å². The second kappa shape index (κ2) is 9.30. The molecule has 2 N–H and O–H groups in total. The number of hydrogen-bond donors (Lipinski definition) is 2. The first-order valence-corrected chi connectivity index (χ1v) is 12.1. The second-order valence-electron chi connectivity index (χ2n) is 12.2. The van der Waals surface area contributed by atoms with Crippen molar-refractivity contribution in [2.24, 2.45) is 0 Å². The average Bonchev–Trinajstić information content (AvgIpc) is 3.01. The molecule has 1 aliphatic heterocycles. The Labute approximate surface area is 209 Å². The van der Waals surface area contributed by atoms with Crippen molar-refractivity contribution in [3.63, 3.8) is 0 Å². The Kier molecular flexibility index (Phi) is 7.11. The van der Waals surface area contributed by atoms with E-state index in [2.05, 4.69) is 0 Å². The van der Waals surface area contributed by atoms with Crippen LogP contribution in [-0.4, -0.2) is 47.5 Å². The van der Waals surface area contributed by atoms with Gasteiger partial charge in [0.25, 0.3) is 0 Å². The van der Waals surface area contributed by atoms with E-state index in [1.807, 2.05) is 85.7 Å². The van der Waals surface area contributed by atoms with Gasteiger partial charge in [0.1, 0.15) is 22.9 Å². The Morgan fingerprint density at radius 2 is 1.57 bits per heavy atom. The zero-order valence-corrected chi connectivity index (χ0v) is 22.6. The number of fused-ring (bicyclic) bond motifs is 1. The van der Waals surface area contributed by atoms with E-state index in [1.54, 1.807) is 12.0 Å². The summed E-state index contributed by atoms with van der Waals surface area (Å²) >= 11 is 0. The van der Waals surface area contributed by atoms with Gasteiger partial charge in [-0.2, -0.15) is 0 Å². The molecule has 0 unspecified atom stereocenters. The molecule has 6 nitrogen and oxygen atoms in total. The maximum Gasteiger partial charge on any atom is 0.182 e. The van der Waals surface area contributed by atoms with Crippen LogP contribution in [0.5, 0.6) is 11.5 Å². The Hall–Kier alpha value is -2.86. The van der Waals surface area contributed by atoms with E-state index in [0.717, 1.165) is 22.3 Å². The van der Waals surface area contributed by atoms with Crippen LogP contribution < -0.4 is 4.74 Å². The summed E-state index contributed by atoms with van der Waals surface area (Å²) in [7, 11) is 1.64. The highest BCUT2D eigenvalue weighted by Crippen LogP contribution is 2.40. The van der Waals surface area contributed by atoms with Crippen molar-refractivity contribution in [3.8, 4) is 11.5 Å². The van der Waals surface area contributed by atoms with E-state index in [9.17, 15) is 9.90 Å². The maximum atomic E-state index is 13.4. The fraction of sp³-hybridized carbons (Fsp3) is 0.517. The molecule has 6 heteroatoms. The number of phenols is 1. The van der Waals surface area contributed by atoms with E-state index >= 15 is 0 Å². The summed E-state index contributed by atoms with van der Waals surface area (Å²) in [6.45, 7) is 17.1. The highest BCUT2D eigenvalue weighted by Gasteiger charge is 2.31. The lowest BCUT2D eigenvalue weighted by Gasteiger charge is -2.28. The van der Waals surface area contributed by atoms with Crippen LogP contribution >= 0.6 is 0 Å². The second-order valence-corrected chi connectivity index (χ2v) is 12.2. The number of phenolic OH excluding ortho intramolecular Hbond substituents is 1. The van der Waals surface area contributed by atoms with Crippen LogP contribution in [0.1, 0.15) is 88.0 Å². The summed E-state index contributed by atoms with van der Waals surface area (Å²) in [6.07, 6.45) is 0. The number of amidine groups is 1. The monoisotopic (exact) mass is 480 g/mol. The average molecular weight is 481 g/mol. The molecule has 0 saturated carbocycles. The summed E-state index contributed by atoms with van der Waals surface area (Å²) in [5.41, 5.74) is 2.73. The highest BCUT2D eigenvalue weighted by molar-refractivity contribution is 6.05. The number of methoxy groups -OCH3 is 1. The molecule has 0 spiro atoms. The third kappa shape index (κ3) is 5.87. The van der Waals surface area contributed by atoms with Gasteiger partial charge in [-0.05, 0) is 54.5 Å². The van der Waals surface area contributed by atoms with Crippen LogP contribution in [0.2, 0.25) is 0 Å². The van der Waals surface area contributed by atoms with Gasteiger partial charge >= 0.3 is 0 Å². The highest BCUT2D eigenvalue weighted by atomic mass is 16.5. The predicted octanol–water partition coefficient (Wildman–Crippen LogP) is 5.81. The predicted molar refractivity (Wildman–Crippen MR) is 140 cm³/mol. The number of hydrogen-bond acceptors (Lipinski definition) is 5. The quantitative estimate of drug-likeness (QED) is 0.488. The minimum atomic E-state index is -0.492. The van der Waals surface area contributed by atoms with Gasteiger partial charge in [-0.1, -0.05) is 47.6 Å². The number of carbonyl (C=O) groups excluding carboxylic acids is 1. The van der Waals surface area contributed by atoms with E-state index in [1.165, 1.54) is 0 Å². The van der Waals surface area contributed by atoms with Gasteiger partial charge in [0.2, 0.25) is 0 Å². The molecule has 2 aromatic rings. The summed E-state index contributed by atoms with van der Waals surface area (Å²) in [5.74, 6) is 1.17. The minimum Gasteiger partial charge on any atom is -0.507 e. The fourth-order valence-corrected chi connectivity index (χ4v) is 4.47. The molecule has 1 aliphatic rings. The molecule has 0 aliphatic carbocycles. The van der Waals surface area contributed by atoms with Crippen molar-refractivity contribution < 1.29 is 19.4 Å². The maximum absolute atomic E-state index is 13.4. The first kappa shape index (κ1) is 26.7. The van der Waals surface area contributed by atoms with Crippen molar-refractivity contribution in [1.29, 1.82) is 5.41 Å². The Balaban J connectivity index is 1.86. The standard InChI is InChI=1S/C29H40N2O4/c1-27(2,3)22-12-19(13-23(25(22)33)28(4,5)6)24(32)16-31-15-18-10-11-20(14-21(18)26(31)30)35-29(7,8)17-34-9/h10-14,30,33H,15-17H2,1-9H3. The van der Waals surface area contributed by atoms with Crippen LogP contribution in [0.15, 0.2) is 30.3 Å². The minimum absolute atomic E-state index is 0.0729. The zero-order chi connectivity index (χ0) is 26.3. The first-order valence-electron chi connectivity index (χ1n) is 12.1. The number of nitrogens with one attached hydrogen (secondary N) is 1. The van der Waals surface area contributed by atoms with E-state index in [-0.39, 0.29) is 28.9 Å². The van der Waals surface area contributed by atoms with E-state index in [4.69, 9.17) is 14.9 Å². The molecule has 0 aromatic heterocycles. The third-order valence-electron chi connectivity index (χ3n) is 6.28. The first-order chi connectivity index (χ1) is 16.0. The SMILES string of the molecule is COCC(C)(C)Oc1ccc2c(c1)C(=N)N(CC(=O)c1cc(C(C)(C)C)c(O)c(C(C)(C)C)c1)C2. The summed E-state index contributed by atoms with van der Waals surface area (Å²) < 4.78 is 11.3. The molecule has 35 heavy (non-hydrogen) atoms. The van der Waals surface area contributed by atoms with Crippen molar-refractivity contribution in [3.05, 3.63) is 58.1 Å². The van der Waals surface area contributed by atoms with Gasteiger partial charge in [-0.3, -0.25) is 10.2 Å². The smallest absolute Gasteiger partial charge is 0.182 e. The van der Waals surface area contributed by atoms with Gasteiger partial charge in [-0.15, -0.1) is 0 Å². The summed E-state index contributed by atoms with van der Waals surface area (Å²) in [5, 5.41) is 19.7. The molecule has 0 fully saturated rings. The largest absolute Gasteiger partial charge is 0.507 e. The molecule has 0 amide bonds. The Bertz CT molecular complexity index is 1100. The summed E-state index contributed by atoms with van der Waals surface area (Å²) in [6, 6.07) is 9.35.